The molecule has 1 heterocycles. The summed E-state index contributed by atoms with van der Waals surface area (Å²) in [5, 5.41) is 9.91. The topological polar surface area (TPSA) is 103 Å². The maximum Gasteiger partial charge on any atom is 0.407 e. The lowest BCUT2D eigenvalue weighted by Crippen LogP contribution is -2.44. The molecule has 176 valence electrons. The van der Waals surface area contributed by atoms with Crippen LogP contribution in [0.5, 0.6) is 5.88 Å². The molecule has 0 radical (unpaired) electrons. The van der Waals surface area contributed by atoms with E-state index in [4.69, 9.17) is 14.0 Å². The lowest BCUT2D eigenvalue weighted by molar-refractivity contribution is 0.0853. The number of hydrogen-bond acceptors (Lipinski definition) is 7. The Balaban J connectivity index is 1.28. The molecule has 2 aromatic rings. The summed E-state index contributed by atoms with van der Waals surface area (Å²) in [7, 11) is 0. The number of carbonyl (C=O) groups excluding carboxylic acids is 2. The fraction of sp³-hybridized carbons (Fsp3) is 0.542. The van der Waals surface area contributed by atoms with Crippen LogP contribution < -0.4 is 15.4 Å². The summed E-state index contributed by atoms with van der Waals surface area (Å²) >= 11 is 1.38. The van der Waals surface area contributed by atoms with Crippen LogP contribution >= 0.6 is 11.8 Å². The van der Waals surface area contributed by atoms with Crippen LogP contribution in [-0.2, 0) is 4.74 Å². The molecule has 1 aromatic heterocycles. The van der Waals surface area contributed by atoms with Gasteiger partial charge in [-0.15, -0.1) is 0 Å². The molecule has 6 rings (SSSR count). The number of ether oxygens (including phenoxy) is 2. The van der Waals surface area contributed by atoms with Gasteiger partial charge < -0.3 is 24.6 Å². The van der Waals surface area contributed by atoms with Crippen molar-refractivity contribution in [3.8, 4) is 5.88 Å². The Morgan fingerprint density at radius 2 is 1.97 bits per heavy atom. The summed E-state index contributed by atoms with van der Waals surface area (Å²) in [4.78, 5) is 26.2. The quantitative estimate of drug-likeness (QED) is 0.531. The smallest absolute Gasteiger partial charge is 0.407 e. The number of hydrogen-bond donors (Lipinski definition) is 2. The number of aromatic nitrogens is 1. The van der Waals surface area contributed by atoms with Gasteiger partial charge in [-0.05, 0) is 73.6 Å². The molecular formula is C24H29N3O5S. The van der Waals surface area contributed by atoms with E-state index in [9.17, 15) is 9.59 Å². The van der Waals surface area contributed by atoms with Crippen molar-refractivity contribution in [3.63, 3.8) is 0 Å². The number of alkyl carbamates (subject to hydrolysis) is 1. The van der Waals surface area contributed by atoms with Gasteiger partial charge in [-0.2, -0.15) is 0 Å². The Morgan fingerprint density at radius 1 is 1.15 bits per heavy atom. The first-order chi connectivity index (χ1) is 16.1. The van der Waals surface area contributed by atoms with E-state index in [2.05, 4.69) is 15.8 Å². The first kappa shape index (κ1) is 22.1. The van der Waals surface area contributed by atoms with Gasteiger partial charge in [0, 0.05) is 10.9 Å². The van der Waals surface area contributed by atoms with Gasteiger partial charge in [0.2, 0.25) is 5.76 Å². The standard InChI is InChI=1S/C24H29N3O5S/c1-2-30-24(29)25-8-9-31-23-21(33-17-6-4-3-5-7-17)20(32-27-23)22(28)26-19-16-11-14-10-15(13-16)18(19)12-14/h3-7,14-16,18-19H,2,8-13H2,1H3,(H,25,29)(H,26,28). The van der Waals surface area contributed by atoms with E-state index >= 15 is 0 Å². The zero-order valence-corrected chi connectivity index (χ0v) is 19.4. The third-order valence-electron chi connectivity index (χ3n) is 7.03. The minimum absolute atomic E-state index is 0.171. The van der Waals surface area contributed by atoms with Crippen molar-refractivity contribution in [2.45, 2.75) is 48.4 Å². The molecule has 0 saturated heterocycles. The number of amides is 2. The van der Waals surface area contributed by atoms with Gasteiger partial charge in [-0.1, -0.05) is 30.0 Å². The van der Waals surface area contributed by atoms with Gasteiger partial charge >= 0.3 is 6.09 Å². The van der Waals surface area contributed by atoms with Gasteiger partial charge in [0.1, 0.15) is 11.5 Å². The molecular weight excluding hydrogens is 442 g/mol. The number of rotatable bonds is 9. The first-order valence-electron chi connectivity index (χ1n) is 11.7. The molecule has 0 aliphatic heterocycles. The van der Waals surface area contributed by atoms with Crippen molar-refractivity contribution < 1.29 is 23.6 Å². The van der Waals surface area contributed by atoms with Crippen LogP contribution in [0.3, 0.4) is 0 Å². The molecule has 9 heteroatoms. The van der Waals surface area contributed by atoms with E-state index in [1.807, 2.05) is 30.3 Å². The Morgan fingerprint density at radius 3 is 2.76 bits per heavy atom. The van der Waals surface area contributed by atoms with Crippen LogP contribution in [-0.4, -0.2) is 43.0 Å². The third kappa shape index (κ3) is 4.69. The summed E-state index contributed by atoms with van der Waals surface area (Å²) in [6.45, 7) is 2.46. The van der Waals surface area contributed by atoms with Crippen LogP contribution in [0, 0.1) is 23.7 Å². The van der Waals surface area contributed by atoms with E-state index in [0.717, 1.165) is 16.7 Å². The molecule has 2 N–H and O–H groups in total. The van der Waals surface area contributed by atoms with Crippen LogP contribution in [0.25, 0.3) is 0 Å². The molecule has 4 aliphatic carbocycles. The second-order valence-electron chi connectivity index (χ2n) is 9.05. The summed E-state index contributed by atoms with van der Waals surface area (Å²) in [5.74, 6) is 2.97. The SMILES string of the molecule is CCOC(=O)NCCOc1noc(C(=O)NC2C3CC4CC(C3)C2C4)c1Sc1ccccc1. The monoisotopic (exact) mass is 471 g/mol. The fourth-order valence-electron chi connectivity index (χ4n) is 5.86. The number of benzene rings is 1. The van der Waals surface area contributed by atoms with Crippen molar-refractivity contribution in [1.29, 1.82) is 0 Å². The predicted octanol–water partition coefficient (Wildman–Crippen LogP) is 4.12. The van der Waals surface area contributed by atoms with Crippen molar-refractivity contribution in [3.05, 3.63) is 36.1 Å². The maximum absolute atomic E-state index is 13.3. The van der Waals surface area contributed by atoms with Crippen LogP contribution in [0.4, 0.5) is 4.79 Å². The Hall–Kier alpha value is -2.68. The second kappa shape index (κ2) is 9.67. The molecule has 1 aromatic carbocycles. The molecule has 5 unspecified atom stereocenters. The van der Waals surface area contributed by atoms with Gasteiger partial charge in [0.25, 0.3) is 11.8 Å². The van der Waals surface area contributed by atoms with Gasteiger partial charge in [-0.3, -0.25) is 4.79 Å². The van der Waals surface area contributed by atoms with E-state index in [0.29, 0.717) is 23.3 Å². The van der Waals surface area contributed by atoms with Crippen LogP contribution in [0.1, 0.15) is 43.2 Å². The summed E-state index contributed by atoms with van der Waals surface area (Å²) in [5.41, 5.74) is 0. The highest BCUT2D eigenvalue weighted by Gasteiger charge is 2.54. The van der Waals surface area contributed by atoms with Crippen LogP contribution in [0.2, 0.25) is 0 Å². The van der Waals surface area contributed by atoms with Crippen molar-refractivity contribution in [2.75, 3.05) is 19.8 Å². The normalized spacial score (nSPS) is 26.9. The molecule has 4 fully saturated rings. The molecule has 8 nitrogen and oxygen atoms in total. The largest absolute Gasteiger partial charge is 0.473 e. The third-order valence-corrected chi connectivity index (χ3v) is 8.10. The molecule has 0 spiro atoms. The number of carbonyl (C=O) groups is 2. The Labute approximate surface area is 197 Å². The summed E-state index contributed by atoms with van der Waals surface area (Å²) in [6, 6.07) is 9.95. The zero-order chi connectivity index (χ0) is 22.8. The molecule has 4 aliphatic rings. The van der Waals surface area contributed by atoms with Crippen molar-refractivity contribution >= 4 is 23.8 Å². The summed E-state index contributed by atoms with van der Waals surface area (Å²) < 4.78 is 16.1. The number of nitrogens with zero attached hydrogens (tertiary/aromatic N) is 1. The predicted molar refractivity (Wildman–Crippen MR) is 121 cm³/mol. The van der Waals surface area contributed by atoms with Crippen molar-refractivity contribution in [2.24, 2.45) is 23.7 Å². The van der Waals surface area contributed by atoms with E-state index in [1.54, 1.807) is 6.92 Å². The maximum atomic E-state index is 13.3. The minimum atomic E-state index is -0.500. The lowest BCUT2D eigenvalue weighted by Gasteiger charge is -2.32. The molecule has 5 atom stereocenters. The average molecular weight is 472 g/mol. The zero-order valence-electron chi connectivity index (χ0n) is 18.6. The van der Waals surface area contributed by atoms with E-state index < -0.39 is 6.09 Å². The average Bonchev–Trinajstić information content (AvgIpc) is 3.41. The van der Waals surface area contributed by atoms with Crippen LogP contribution in [0.15, 0.2) is 44.6 Å². The lowest BCUT2D eigenvalue weighted by atomic mass is 9.79. The van der Waals surface area contributed by atoms with E-state index in [1.165, 1.54) is 37.4 Å². The second-order valence-corrected chi connectivity index (χ2v) is 10.1. The summed E-state index contributed by atoms with van der Waals surface area (Å²) in [6.07, 6.45) is 4.51. The van der Waals surface area contributed by atoms with Gasteiger partial charge in [-0.25, -0.2) is 4.79 Å². The Kier molecular flexibility index (Phi) is 6.48. The highest BCUT2D eigenvalue weighted by molar-refractivity contribution is 7.99. The highest BCUT2D eigenvalue weighted by atomic mass is 32.2. The molecule has 4 saturated carbocycles. The number of nitrogens with one attached hydrogen (secondary N) is 2. The molecule has 4 bridgehead atoms. The van der Waals surface area contributed by atoms with E-state index in [-0.39, 0.29) is 36.7 Å². The first-order valence-corrected chi connectivity index (χ1v) is 12.5. The molecule has 2 amide bonds. The molecule has 33 heavy (non-hydrogen) atoms. The Bertz CT molecular complexity index is 993. The van der Waals surface area contributed by atoms with Gasteiger partial charge in [0.05, 0.1) is 13.2 Å². The van der Waals surface area contributed by atoms with Gasteiger partial charge in [0.15, 0.2) is 0 Å². The van der Waals surface area contributed by atoms with Crippen molar-refractivity contribution in [1.82, 2.24) is 15.8 Å². The fourth-order valence-corrected chi connectivity index (χ4v) is 6.80. The highest BCUT2D eigenvalue weighted by Crippen LogP contribution is 2.58. The minimum Gasteiger partial charge on any atom is -0.473 e.